The SMILES string of the molecule is CC(C)C(OP(=O)(O)O)(C(Cl)P(=O)(OCCCl)OCCCl)P(=O)(OCCCl)OCCCl. The maximum Gasteiger partial charge on any atom is 0.470 e. The molecule has 0 amide bonds. The Morgan fingerprint density at radius 2 is 1.13 bits per heavy atom. The minimum Gasteiger partial charge on any atom is -0.306 e. The lowest BCUT2D eigenvalue weighted by molar-refractivity contribution is 0.0294. The van der Waals surface area contributed by atoms with Gasteiger partial charge in [0.15, 0.2) is 5.12 Å². The van der Waals surface area contributed by atoms with Crippen LogP contribution in [0.25, 0.3) is 0 Å². The molecule has 0 aliphatic carbocycles. The molecule has 0 aliphatic heterocycles. The van der Waals surface area contributed by atoms with E-state index < -0.39 is 39.4 Å². The molecule has 188 valence electrons. The molecular formula is C13H26Cl5O10P3. The van der Waals surface area contributed by atoms with Gasteiger partial charge in [-0.25, -0.2) is 4.57 Å². The van der Waals surface area contributed by atoms with Crippen LogP contribution in [0.15, 0.2) is 0 Å². The van der Waals surface area contributed by atoms with Gasteiger partial charge in [0.25, 0.3) is 0 Å². The second-order valence-corrected chi connectivity index (χ2v) is 13.7. The van der Waals surface area contributed by atoms with Crippen molar-refractivity contribution < 1.29 is 46.1 Å². The van der Waals surface area contributed by atoms with E-state index in [1.165, 1.54) is 13.8 Å². The van der Waals surface area contributed by atoms with Gasteiger partial charge >= 0.3 is 23.0 Å². The average Bonchev–Trinajstić information content (AvgIpc) is 2.70. The van der Waals surface area contributed by atoms with Gasteiger partial charge in [-0.15, -0.1) is 58.0 Å². The van der Waals surface area contributed by atoms with E-state index in [0.29, 0.717) is 0 Å². The molecule has 2 atom stereocenters. The van der Waals surface area contributed by atoms with Gasteiger partial charge in [-0.1, -0.05) is 13.8 Å². The lowest BCUT2D eigenvalue weighted by Crippen LogP contribution is -2.47. The molecule has 31 heavy (non-hydrogen) atoms. The normalized spacial score (nSPS) is 16.5. The monoisotopic (exact) mass is 610 g/mol. The Hall–Kier alpha value is 1.86. The Morgan fingerprint density at radius 1 is 0.774 bits per heavy atom. The van der Waals surface area contributed by atoms with E-state index in [2.05, 4.69) is 0 Å². The van der Waals surface area contributed by atoms with Gasteiger partial charge in [-0.05, 0) is 5.92 Å². The van der Waals surface area contributed by atoms with E-state index in [0.717, 1.165) is 0 Å². The van der Waals surface area contributed by atoms with E-state index in [-0.39, 0.29) is 49.9 Å². The third kappa shape index (κ3) is 9.44. The molecule has 0 saturated carbocycles. The summed E-state index contributed by atoms with van der Waals surface area (Å²) in [6, 6.07) is 0. The molecular weight excluding hydrogens is 586 g/mol. The van der Waals surface area contributed by atoms with Crippen molar-refractivity contribution >= 4 is 81.0 Å². The highest BCUT2D eigenvalue weighted by Crippen LogP contribution is 2.75. The van der Waals surface area contributed by atoms with Crippen molar-refractivity contribution in [2.24, 2.45) is 5.92 Å². The molecule has 0 spiro atoms. The number of halogens is 5. The zero-order chi connectivity index (χ0) is 24.3. The fraction of sp³-hybridized carbons (Fsp3) is 1.00. The number of phosphoric acid groups is 1. The Morgan fingerprint density at radius 3 is 1.42 bits per heavy atom. The molecule has 0 aliphatic rings. The Balaban J connectivity index is 6.88. The van der Waals surface area contributed by atoms with Crippen LogP contribution in [0.2, 0.25) is 0 Å². The molecule has 0 radical (unpaired) electrons. The number of hydrogen-bond acceptors (Lipinski definition) is 8. The molecule has 0 aromatic heterocycles. The lowest BCUT2D eigenvalue weighted by Gasteiger charge is -2.45. The second kappa shape index (κ2) is 15.1. The summed E-state index contributed by atoms with van der Waals surface area (Å²) in [7, 11) is -14.8. The minimum absolute atomic E-state index is 0.130. The summed E-state index contributed by atoms with van der Waals surface area (Å²) in [4.78, 5) is 19.2. The van der Waals surface area contributed by atoms with Gasteiger partial charge in [-0.3, -0.25) is 13.7 Å². The van der Waals surface area contributed by atoms with E-state index in [4.69, 9.17) is 80.6 Å². The lowest BCUT2D eigenvalue weighted by atomic mass is 10.1. The van der Waals surface area contributed by atoms with Gasteiger partial charge in [0.1, 0.15) is 0 Å². The van der Waals surface area contributed by atoms with Gasteiger partial charge in [0.05, 0.1) is 26.4 Å². The minimum atomic E-state index is -5.44. The average molecular weight is 613 g/mol. The van der Waals surface area contributed by atoms with Crippen LogP contribution in [0.3, 0.4) is 0 Å². The molecule has 0 bridgehead atoms. The Labute approximate surface area is 206 Å². The molecule has 0 aromatic carbocycles. The second-order valence-electron chi connectivity index (χ2n) is 5.95. The molecule has 0 saturated heterocycles. The summed E-state index contributed by atoms with van der Waals surface area (Å²) in [6.45, 7) is 1.25. The van der Waals surface area contributed by atoms with Crippen LogP contribution in [0.5, 0.6) is 0 Å². The van der Waals surface area contributed by atoms with Crippen molar-refractivity contribution in [2.45, 2.75) is 24.3 Å². The van der Waals surface area contributed by atoms with Crippen LogP contribution in [0, 0.1) is 5.92 Å². The van der Waals surface area contributed by atoms with Crippen LogP contribution in [-0.2, 0) is 36.3 Å². The van der Waals surface area contributed by atoms with Crippen molar-refractivity contribution in [2.75, 3.05) is 49.9 Å². The molecule has 18 heteroatoms. The van der Waals surface area contributed by atoms with E-state index in [1.54, 1.807) is 0 Å². The van der Waals surface area contributed by atoms with E-state index in [1.807, 2.05) is 0 Å². The van der Waals surface area contributed by atoms with Crippen LogP contribution in [-0.4, -0.2) is 70.2 Å². The number of hydrogen-bond donors (Lipinski definition) is 2. The van der Waals surface area contributed by atoms with Crippen molar-refractivity contribution in [3.8, 4) is 0 Å². The highest BCUT2D eigenvalue weighted by molar-refractivity contribution is 7.61. The quantitative estimate of drug-likeness (QED) is 0.152. The van der Waals surface area contributed by atoms with Crippen LogP contribution >= 0.6 is 81.0 Å². The first-order valence-corrected chi connectivity index (χ1v) is 16.0. The predicted octanol–water partition coefficient (Wildman–Crippen LogP) is 5.42. The topological polar surface area (TPSA) is 138 Å². The Bertz CT molecular complexity index is 642. The molecule has 10 nitrogen and oxygen atoms in total. The first-order chi connectivity index (χ1) is 14.3. The smallest absolute Gasteiger partial charge is 0.306 e. The molecule has 2 N–H and O–H groups in total. The maximum atomic E-state index is 13.9. The highest BCUT2D eigenvalue weighted by Gasteiger charge is 2.68. The maximum absolute atomic E-state index is 13.9. The summed E-state index contributed by atoms with van der Waals surface area (Å²) in [6.07, 6.45) is 0. The first-order valence-electron chi connectivity index (χ1n) is 8.72. The van der Waals surface area contributed by atoms with E-state index in [9.17, 15) is 23.5 Å². The Kier molecular flexibility index (Phi) is 16.0. The fourth-order valence-corrected chi connectivity index (χ4v) is 10.4. The highest BCUT2D eigenvalue weighted by atomic mass is 35.5. The number of phosphoric ester groups is 1. The molecule has 0 aromatic rings. The van der Waals surface area contributed by atoms with Gasteiger partial charge in [0, 0.05) is 23.5 Å². The summed E-state index contributed by atoms with van der Waals surface area (Å²) < 4.78 is 65.3. The summed E-state index contributed by atoms with van der Waals surface area (Å²) in [5, 5.41) is -4.82. The number of rotatable bonds is 18. The third-order valence-corrected chi connectivity index (χ3v) is 11.0. The largest absolute Gasteiger partial charge is 0.470 e. The molecule has 2 unspecified atom stereocenters. The van der Waals surface area contributed by atoms with Gasteiger partial charge in [-0.2, -0.15) is 0 Å². The van der Waals surface area contributed by atoms with Crippen molar-refractivity contribution in [1.82, 2.24) is 0 Å². The third-order valence-electron chi connectivity index (χ3n) is 3.51. The van der Waals surface area contributed by atoms with Crippen LogP contribution in [0.1, 0.15) is 13.8 Å². The summed E-state index contributed by atoms with van der Waals surface area (Å²) in [5.74, 6) is -1.74. The zero-order valence-corrected chi connectivity index (χ0v) is 23.2. The van der Waals surface area contributed by atoms with Crippen LogP contribution < -0.4 is 0 Å². The van der Waals surface area contributed by atoms with Gasteiger partial charge < -0.3 is 27.9 Å². The van der Waals surface area contributed by atoms with Crippen LogP contribution in [0.4, 0.5) is 0 Å². The van der Waals surface area contributed by atoms with Gasteiger partial charge in [0.2, 0.25) is 5.34 Å². The molecule has 0 heterocycles. The number of alkyl halides is 5. The zero-order valence-electron chi connectivity index (χ0n) is 16.7. The molecule has 0 rings (SSSR count). The van der Waals surface area contributed by atoms with Crippen molar-refractivity contribution in [3.05, 3.63) is 0 Å². The summed E-state index contributed by atoms with van der Waals surface area (Å²) in [5.41, 5.74) is 0. The predicted molar refractivity (Wildman–Crippen MR) is 122 cm³/mol. The van der Waals surface area contributed by atoms with Crippen molar-refractivity contribution in [1.29, 1.82) is 0 Å². The summed E-state index contributed by atoms with van der Waals surface area (Å²) >= 11 is 28.9. The first kappa shape index (κ1) is 32.9. The van der Waals surface area contributed by atoms with E-state index >= 15 is 0 Å². The standard InChI is InChI=1S/C13H26Cl5O10P3/c1-11(2)13(28-31(21,22)23,30(20,26-9-5-16)27-10-6-17)12(18)29(19,24-7-3-14)25-8-4-15/h11-12H,3-10H2,1-2H3,(H2,21,22,23). The van der Waals surface area contributed by atoms with Crippen molar-refractivity contribution in [3.63, 3.8) is 0 Å². The fourth-order valence-electron chi connectivity index (χ4n) is 2.38. The molecule has 0 fully saturated rings.